The fourth-order valence-corrected chi connectivity index (χ4v) is 4.38. The van der Waals surface area contributed by atoms with Crippen molar-refractivity contribution in [3.63, 3.8) is 0 Å². The molecule has 132 valence electrons. The fraction of sp³-hybridized carbons (Fsp3) is 0.389. The van der Waals surface area contributed by atoms with Crippen LogP contribution < -0.4 is 10.9 Å². The van der Waals surface area contributed by atoms with Crippen molar-refractivity contribution in [3.05, 3.63) is 56.5 Å². The third-order valence-corrected chi connectivity index (χ3v) is 5.83. The van der Waals surface area contributed by atoms with Crippen LogP contribution in [-0.4, -0.2) is 21.2 Å². The van der Waals surface area contributed by atoms with Crippen molar-refractivity contribution in [2.45, 2.75) is 44.4 Å². The summed E-state index contributed by atoms with van der Waals surface area (Å²) in [5.41, 5.74) is 2.38. The van der Waals surface area contributed by atoms with E-state index >= 15 is 0 Å². The molecule has 1 aliphatic rings. The number of aryl methyl sites for hydroxylation is 1. The van der Waals surface area contributed by atoms with Crippen LogP contribution in [0.5, 0.6) is 0 Å². The zero-order chi connectivity index (χ0) is 18.0. The first-order chi connectivity index (χ1) is 12.0. The second kappa shape index (κ2) is 7.62. The van der Waals surface area contributed by atoms with Crippen molar-refractivity contribution in [2.75, 3.05) is 5.75 Å². The number of hydrogen-bond donors (Lipinski definition) is 1. The number of carbonyl (C=O) groups is 1. The molecule has 0 saturated heterocycles. The molecule has 1 N–H and O–H groups in total. The van der Waals surface area contributed by atoms with Crippen LogP contribution in [0.25, 0.3) is 0 Å². The van der Waals surface area contributed by atoms with Crippen molar-refractivity contribution in [1.29, 1.82) is 0 Å². The van der Waals surface area contributed by atoms with E-state index in [0.29, 0.717) is 28.9 Å². The first kappa shape index (κ1) is 18.0. The van der Waals surface area contributed by atoms with Gasteiger partial charge in [0.25, 0.3) is 5.56 Å². The summed E-state index contributed by atoms with van der Waals surface area (Å²) in [7, 11) is 0. The van der Waals surface area contributed by atoms with Gasteiger partial charge >= 0.3 is 0 Å². The fourth-order valence-electron chi connectivity index (χ4n) is 3.00. The highest BCUT2D eigenvalue weighted by Gasteiger charge is 2.28. The summed E-state index contributed by atoms with van der Waals surface area (Å²) >= 11 is 7.64. The Kier molecular flexibility index (Phi) is 5.49. The van der Waals surface area contributed by atoms with Crippen molar-refractivity contribution >= 4 is 29.3 Å². The van der Waals surface area contributed by atoms with Crippen molar-refractivity contribution in [1.82, 2.24) is 14.9 Å². The molecule has 1 aromatic carbocycles. The van der Waals surface area contributed by atoms with E-state index in [1.807, 2.05) is 32.0 Å². The van der Waals surface area contributed by atoms with Gasteiger partial charge in [0.05, 0.1) is 6.04 Å². The minimum Gasteiger partial charge on any atom is -0.352 e. The largest absolute Gasteiger partial charge is 0.352 e. The van der Waals surface area contributed by atoms with E-state index in [9.17, 15) is 9.59 Å². The predicted molar refractivity (Wildman–Crippen MR) is 100 cm³/mol. The smallest absolute Gasteiger partial charge is 0.257 e. The predicted octanol–water partition coefficient (Wildman–Crippen LogP) is 3.12. The number of nitrogens with one attached hydrogen (secondary N) is 1. The van der Waals surface area contributed by atoms with Crippen LogP contribution in [0.1, 0.15) is 36.2 Å². The molecule has 3 rings (SSSR count). The molecule has 0 radical (unpaired) electrons. The van der Waals surface area contributed by atoms with Crippen molar-refractivity contribution < 1.29 is 4.79 Å². The van der Waals surface area contributed by atoms with Gasteiger partial charge in [-0.25, -0.2) is 4.98 Å². The van der Waals surface area contributed by atoms with Gasteiger partial charge in [-0.1, -0.05) is 48.5 Å². The van der Waals surface area contributed by atoms with E-state index in [1.165, 1.54) is 11.8 Å². The average Bonchev–Trinajstić information content (AvgIpc) is 2.97. The van der Waals surface area contributed by atoms with Crippen LogP contribution >= 0.6 is 23.4 Å². The number of thioether (sulfide) groups is 1. The Hall–Kier alpha value is -1.79. The number of hydrogen-bond acceptors (Lipinski definition) is 4. The molecule has 1 aromatic heterocycles. The van der Waals surface area contributed by atoms with Gasteiger partial charge in [0.15, 0.2) is 5.16 Å². The molecule has 2 heterocycles. The minimum absolute atomic E-state index is 0.0149. The van der Waals surface area contributed by atoms with Crippen LogP contribution in [0, 0.1) is 6.92 Å². The summed E-state index contributed by atoms with van der Waals surface area (Å²) in [6, 6.07) is 7.27. The summed E-state index contributed by atoms with van der Waals surface area (Å²) in [4.78, 5) is 29.5. The van der Waals surface area contributed by atoms with Gasteiger partial charge < -0.3 is 5.32 Å². The summed E-state index contributed by atoms with van der Waals surface area (Å²) < 4.78 is 1.69. The van der Waals surface area contributed by atoms with E-state index in [1.54, 1.807) is 10.6 Å². The first-order valence-electron chi connectivity index (χ1n) is 8.26. The van der Waals surface area contributed by atoms with E-state index in [2.05, 4.69) is 10.3 Å². The third kappa shape index (κ3) is 3.75. The maximum Gasteiger partial charge on any atom is 0.257 e. The quantitative estimate of drug-likeness (QED) is 0.813. The highest BCUT2D eigenvalue weighted by atomic mass is 35.5. The molecule has 0 fully saturated rings. The van der Waals surface area contributed by atoms with Gasteiger partial charge in [0, 0.05) is 35.0 Å². The molecule has 2 aromatic rings. The molecule has 1 amide bonds. The molecular formula is C18H20ClN3O2S. The van der Waals surface area contributed by atoms with Gasteiger partial charge in [-0.3, -0.25) is 14.2 Å². The molecule has 0 saturated carbocycles. The number of halogens is 1. The number of rotatable bonds is 5. The molecule has 0 spiro atoms. The van der Waals surface area contributed by atoms with Gasteiger partial charge in [-0.05, 0) is 25.0 Å². The van der Waals surface area contributed by atoms with Gasteiger partial charge in [0.2, 0.25) is 5.91 Å². The number of benzene rings is 1. The average molecular weight is 378 g/mol. The van der Waals surface area contributed by atoms with Gasteiger partial charge in [0.1, 0.15) is 0 Å². The molecule has 1 atom stereocenters. The van der Waals surface area contributed by atoms with Crippen molar-refractivity contribution in [3.8, 4) is 0 Å². The zero-order valence-electron chi connectivity index (χ0n) is 14.2. The Labute approximate surface area is 155 Å². The van der Waals surface area contributed by atoms with Crippen LogP contribution in [0.2, 0.25) is 5.02 Å². The van der Waals surface area contributed by atoms with Crippen LogP contribution in [0.3, 0.4) is 0 Å². The maximum atomic E-state index is 12.7. The molecule has 1 unspecified atom stereocenters. The van der Waals surface area contributed by atoms with Gasteiger partial charge in [-0.15, -0.1) is 0 Å². The Bertz CT molecular complexity index is 866. The standard InChI is InChI=1S/C18H20ClN3O2S/c1-3-14-11(2)21-18-22(17(14)24)13(10-25-18)8-16(23)20-9-12-6-4-5-7-15(12)19/h4-7,13H,3,8-10H2,1-2H3,(H,20,23). The van der Waals surface area contributed by atoms with E-state index in [0.717, 1.165) is 16.8 Å². The lowest BCUT2D eigenvalue weighted by molar-refractivity contribution is -0.121. The number of nitrogens with zero attached hydrogens (tertiary/aromatic N) is 2. The second-order valence-electron chi connectivity index (χ2n) is 6.02. The molecule has 1 aliphatic heterocycles. The first-order valence-corrected chi connectivity index (χ1v) is 9.62. The summed E-state index contributed by atoms with van der Waals surface area (Å²) in [6.45, 7) is 4.20. The summed E-state index contributed by atoms with van der Waals surface area (Å²) in [5.74, 6) is 0.595. The van der Waals surface area contributed by atoms with Crippen LogP contribution in [0.4, 0.5) is 0 Å². The second-order valence-corrected chi connectivity index (χ2v) is 7.42. The molecule has 25 heavy (non-hydrogen) atoms. The molecule has 5 nitrogen and oxygen atoms in total. The lowest BCUT2D eigenvalue weighted by Gasteiger charge is -2.15. The Morgan fingerprint density at radius 1 is 1.44 bits per heavy atom. The van der Waals surface area contributed by atoms with E-state index in [4.69, 9.17) is 11.6 Å². The SMILES string of the molecule is CCc1c(C)nc2n(c1=O)C(CC(=O)NCc1ccccc1Cl)CS2. The summed E-state index contributed by atoms with van der Waals surface area (Å²) in [5, 5.41) is 4.23. The normalized spacial score (nSPS) is 15.9. The summed E-state index contributed by atoms with van der Waals surface area (Å²) in [6.07, 6.45) is 0.909. The topological polar surface area (TPSA) is 64.0 Å². The lowest BCUT2D eigenvalue weighted by atomic mass is 10.1. The maximum absolute atomic E-state index is 12.7. The monoisotopic (exact) mass is 377 g/mol. The number of amides is 1. The molecule has 0 bridgehead atoms. The highest BCUT2D eigenvalue weighted by Crippen LogP contribution is 2.32. The number of carbonyl (C=O) groups excluding carboxylic acids is 1. The lowest BCUT2D eigenvalue weighted by Crippen LogP contribution is -2.32. The zero-order valence-corrected chi connectivity index (χ0v) is 15.8. The van der Waals surface area contributed by atoms with Crippen molar-refractivity contribution in [2.24, 2.45) is 0 Å². The minimum atomic E-state index is -0.155. The Balaban J connectivity index is 1.71. The van der Waals surface area contributed by atoms with E-state index in [-0.39, 0.29) is 23.9 Å². The highest BCUT2D eigenvalue weighted by molar-refractivity contribution is 7.99. The number of aromatic nitrogens is 2. The van der Waals surface area contributed by atoms with Crippen LogP contribution in [0.15, 0.2) is 34.2 Å². The van der Waals surface area contributed by atoms with Crippen LogP contribution in [-0.2, 0) is 17.8 Å². The molecule has 0 aliphatic carbocycles. The van der Waals surface area contributed by atoms with Gasteiger partial charge in [-0.2, -0.15) is 0 Å². The Morgan fingerprint density at radius 2 is 2.20 bits per heavy atom. The number of fused-ring (bicyclic) bond motifs is 1. The molecular weight excluding hydrogens is 358 g/mol. The van der Waals surface area contributed by atoms with E-state index < -0.39 is 0 Å². The third-order valence-electron chi connectivity index (χ3n) is 4.36. The molecule has 7 heteroatoms. The Morgan fingerprint density at radius 3 is 2.92 bits per heavy atom.